The molecule has 0 saturated heterocycles. The molecule has 1 aliphatic rings. The molecule has 1 aliphatic carbocycles. The van der Waals surface area contributed by atoms with Crippen molar-refractivity contribution in [2.75, 3.05) is 19.6 Å². The molecule has 3 heteroatoms. The summed E-state index contributed by atoms with van der Waals surface area (Å²) >= 11 is 0. The summed E-state index contributed by atoms with van der Waals surface area (Å²) < 4.78 is 0. The molecule has 0 atom stereocenters. The van der Waals surface area contributed by atoms with Crippen LogP contribution in [0.5, 0.6) is 0 Å². The molecular formula is C17H34N2O. The quantitative estimate of drug-likeness (QED) is 0.702. The van der Waals surface area contributed by atoms with Gasteiger partial charge in [0.15, 0.2) is 0 Å². The lowest BCUT2D eigenvalue weighted by atomic mass is 10.1. The lowest BCUT2D eigenvalue weighted by Gasteiger charge is -2.25. The van der Waals surface area contributed by atoms with Gasteiger partial charge in [-0.15, -0.1) is 0 Å². The van der Waals surface area contributed by atoms with Gasteiger partial charge in [-0.3, -0.25) is 4.79 Å². The minimum absolute atomic E-state index is 0.290. The Hall–Kier alpha value is -0.570. The molecule has 118 valence electrons. The smallest absolute Gasteiger partial charge is 0.236 e. The highest BCUT2D eigenvalue weighted by Crippen LogP contribution is 2.17. The second-order valence-electron chi connectivity index (χ2n) is 7.11. The van der Waals surface area contributed by atoms with E-state index in [1.807, 2.05) is 0 Å². The predicted molar refractivity (Wildman–Crippen MR) is 85.7 cm³/mol. The van der Waals surface area contributed by atoms with Crippen molar-refractivity contribution >= 4 is 5.91 Å². The van der Waals surface area contributed by atoms with E-state index in [2.05, 4.69) is 37.9 Å². The van der Waals surface area contributed by atoms with Crippen LogP contribution in [0.1, 0.15) is 66.2 Å². The summed E-state index contributed by atoms with van der Waals surface area (Å²) in [5, 5.41) is 3.45. The summed E-state index contributed by atoms with van der Waals surface area (Å²) in [6.07, 6.45) is 7.32. The van der Waals surface area contributed by atoms with Gasteiger partial charge in [0.2, 0.25) is 5.91 Å². The van der Waals surface area contributed by atoms with Crippen LogP contribution in [0.25, 0.3) is 0 Å². The molecule has 1 amide bonds. The van der Waals surface area contributed by atoms with Crippen molar-refractivity contribution in [1.82, 2.24) is 10.2 Å². The highest BCUT2D eigenvalue weighted by Gasteiger charge is 2.18. The second-order valence-corrected chi connectivity index (χ2v) is 7.11. The topological polar surface area (TPSA) is 32.3 Å². The zero-order chi connectivity index (χ0) is 15.0. The Labute approximate surface area is 125 Å². The third-order valence-corrected chi connectivity index (χ3v) is 4.20. The van der Waals surface area contributed by atoms with Gasteiger partial charge in [0.05, 0.1) is 6.54 Å². The summed E-state index contributed by atoms with van der Waals surface area (Å²) in [7, 11) is 0. The van der Waals surface area contributed by atoms with Crippen molar-refractivity contribution in [1.29, 1.82) is 0 Å². The highest BCUT2D eigenvalue weighted by atomic mass is 16.2. The van der Waals surface area contributed by atoms with Gasteiger partial charge in [-0.25, -0.2) is 0 Å². The van der Waals surface area contributed by atoms with E-state index in [1.165, 1.54) is 25.7 Å². The normalized spacial score (nSPS) is 16.3. The molecule has 20 heavy (non-hydrogen) atoms. The van der Waals surface area contributed by atoms with Crippen LogP contribution in [0, 0.1) is 11.8 Å². The average Bonchev–Trinajstić information content (AvgIpc) is 2.88. The molecule has 1 rings (SSSR count). The van der Waals surface area contributed by atoms with Gasteiger partial charge in [0.25, 0.3) is 0 Å². The molecule has 3 nitrogen and oxygen atoms in total. The van der Waals surface area contributed by atoms with Crippen molar-refractivity contribution in [3.63, 3.8) is 0 Å². The number of carbonyl (C=O) groups is 1. The van der Waals surface area contributed by atoms with Crippen LogP contribution < -0.4 is 5.32 Å². The molecule has 0 bridgehead atoms. The van der Waals surface area contributed by atoms with Gasteiger partial charge in [-0.1, -0.05) is 40.5 Å². The predicted octanol–water partition coefficient (Wildman–Crippen LogP) is 3.44. The van der Waals surface area contributed by atoms with Crippen molar-refractivity contribution < 1.29 is 4.79 Å². The van der Waals surface area contributed by atoms with Crippen molar-refractivity contribution in [3.8, 4) is 0 Å². The Morgan fingerprint density at radius 3 is 2.00 bits per heavy atom. The van der Waals surface area contributed by atoms with E-state index in [4.69, 9.17) is 0 Å². The Morgan fingerprint density at radius 2 is 1.55 bits per heavy atom. The molecule has 0 aliphatic heterocycles. The fraction of sp³-hybridized carbons (Fsp3) is 0.941. The molecule has 0 unspecified atom stereocenters. The Bertz CT molecular complexity index is 258. The fourth-order valence-corrected chi connectivity index (χ4v) is 2.66. The van der Waals surface area contributed by atoms with Gasteiger partial charge >= 0.3 is 0 Å². The first-order valence-electron chi connectivity index (χ1n) is 8.50. The third-order valence-electron chi connectivity index (χ3n) is 4.20. The molecule has 1 N–H and O–H groups in total. The summed E-state index contributed by atoms with van der Waals surface area (Å²) in [6.45, 7) is 11.2. The number of carbonyl (C=O) groups excluding carboxylic acids is 1. The maximum absolute atomic E-state index is 12.4. The van der Waals surface area contributed by atoms with Gasteiger partial charge in [-0.2, -0.15) is 0 Å². The number of rotatable bonds is 9. The number of hydrogen-bond acceptors (Lipinski definition) is 2. The first kappa shape index (κ1) is 17.5. The van der Waals surface area contributed by atoms with Gasteiger partial charge in [0.1, 0.15) is 0 Å². The molecule has 1 saturated carbocycles. The molecule has 0 spiro atoms. The lowest BCUT2D eigenvalue weighted by molar-refractivity contribution is -0.130. The van der Waals surface area contributed by atoms with Crippen LogP contribution in [0.3, 0.4) is 0 Å². The summed E-state index contributed by atoms with van der Waals surface area (Å²) in [6, 6.07) is 0.580. The Morgan fingerprint density at radius 1 is 1.05 bits per heavy atom. The molecule has 0 radical (unpaired) electrons. The average molecular weight is 282 g/mol. The van der Waals surface area contributed by atoms with E-state index in [0.29, 0.717) is 30.3 Å². The molecule has 0 aromatic rings. The van der Waals surface area contributed by atoms with Crippen LogP contribution in [0.4, 0.5) is 0 Å². The molecular weight excluding hydrogens is 248 g/mol. The van der Waals surface area contributed by atoms with E-state index in [1.54, 1.807) is 0 Å². The Kier molecular flexibility index (Phi) is 8.20. The van der Waals surface area contributed by atoms with Crippen LogP contribution in [0.2, 0.25) is 0 Å². The van der Waals surface area contributed by atoms with Crippen LogP contribution >= 0.6 is 0 Å². The Balaban J connectivity index is 2.35. The van der Waals surface area contributed by atoms with E-state index in [9.17, 15) is 4.79 Å². The fourth-order valence-electron chi connectivity index (χ4n) is 2.66. The minimum atomic E-state index is 0.290. The standard InChI is InChI=1S/C17H34N2O/c1-14(2)9-11-19(12-10-15(3)4)17(20)13-18-16-7-5-6-8-16/h14-16,18H,5-13H2,1-4H3. The summed E-state index contributed by atoms with van der Waals surface area (Å²) in [4.78, 5) is 14.5. The van der Waals surface area contributed by atoms with E-state index in [-0.39, 0.29) is 0 Å². The first-order chi connectivity index (χ1) is 9.49. The summed E-state index contributed by atoms with van der Waals surface area (Å²) in [5.41, 5.74) is 0. The van der Waals surface area contributed by atoms with Crippen LogP contribution in [-0.2, 0) is 4.79 Å². The maximum Gasteiger partial charge on any atom is 0.236 e. The lowest BCUT2D eigenvalue weighted by Crippen LogP contribution is -2.42. The number of amides is 1. The SMILES string of the molecule is CC(C)CCN(CCC(C)C)C(=O)CNC1CCCC1. The number of nitrogens with zero attached hydrogens (tertiary/aromatic N) is 1. The second kappa shape index (κ2) is 9.38. The van der Waals surface area contributed by atoms with E-state index in [0.717, 1.165) is 25.9 Å². The zero-order valence-corrected chi connectivity index (χ0v) is 14.0. The minimum Gasteiger partial charge on any atom is -0.342 e. The largest absolute Gasteiger partial charge is 0.342 e. The molecule has 0 aromatic carbocycles. The molecule has 0 heterocycles. The number of nitrogens with one attached hydrogen (secondary N) is 1. The van der Waals surface area contributed by atoms with E-state index < -0.39 is 0 Å². The number of hydrogen-bond donors (Lipinski definition) is 1. The maximum atomic E-state index is 12.4. The van der Waals surface area contributed by atoms with Gasteiger partial charge in [0, 0.05) is 19.1 Å². The molecule has 1 fully saturated rings. The van der Waals surface area contributed by atoms with Crippen LogP contribution in [0.15, 0.2) is 0 Å². The first-order valence-corrected chi connectivity index (χ1v) is 8.50. The summed E-state index contributed by atoms with van der Waals surface area (Å²) in [5.74, 6) is 1.61. The van der Waals surface area contributed by atoms with Crippen molar-refractivity contribution in [2.45, 2.75) is 72.3 Å². The van der Waals surface area contributed by atoms with Gasteiger partial charge in [-0.05, 0) is 37.5 Å². The molecule has 0 aromatic heterocycles. The van der Waals surface area contributed by atoms with E-state index >= 15 is 0 Å². The third kappa shape index (κ3) is 7.28. The highest BCUT2D eigenvalue weighted by molar-refractivity contribution is 5.78. The zero-order valence-electron chi connectivity index (χ0n) is 14.0. The van der Waals surface area contributed by atoms with Crippen molar-refractivity contribution in [3.05, 3.63) is 0 Å². The van der Waals surface area contributed by atoms with Gasteiger partial charge < -0.3 is 10.2 Å². The van der Waals surface area contributed by atoms with Crippen molar-refractivity contribution in [2.24, 2.45) is 11.8 Å². The van der Waals surface area contributed by atoms with Crippen LogP contribution in [-0.4, -0.2) is 36.5 Å². The monoisotopic (exact) mass is 282 g/mol.